The number of oxazole rings is 1. The van der Waals surface area contributed by atoms with E-state index in [0.717, 1.165) is 32.1 Å². The van der Waals surface area contributed by atoms with Crippen LogP contribution in [-0.4, -0.2) is 35.4 Å². The van der Waals surface area contributed by atoms with Gasteiger partial charge < -0.3 is 19.0 Å². The number of rotatable bonds is 4. The fraction of sp³-hybridized carbons (Fsp3) is 0.600. The van der Waals surface area contributed by atoms with Gasteiger partial charge in [-0.1, -0.05) is 0 Å². The average Bonchev–Trinajstić information content (AvgIpc) is 2.76. The first-order valence-electron chi connectivity index (χ1n) is 5.19. The molecule has 88 valence electrons. The zero-order valence-corrected chi connectivity index (χ0v) is 8.72. The normalized spacial score (nSPS) is 20.6. The molecule has 1 aliphatic rings. The fourth-order valence-electron chi connectivity index (χ4n) is 1.52. The van der Waals surface area contributed by atoms with Crippen molar-refractivity contribution in [2.45, 2.75) is 25.4 Å². The molecule has 1 unspecified atom stereocenters. The summed E-state index contributed by atoms with van der Waals surface area (Å²) in [5.74, 6) is -1.13. The second-order valence-electron chi connectivity index (χ2n) is 3.60. The van der Waals surface area contributed by atoms with Gasteiger partial charge in [0.15, 0.2) is 5.69 Å². The largest absolute Gasteiger partial charge is 0.476 e. The monoisotopic (exact) mass is 227 g/mol. The fourth-order valence-corrected chi connectivity index (χ4v) is 1.52. The third kappa shape index (κ3) is 2.73. The first kappa shape index (κ1) is 10.9. The molecule has 0 spiro atoms. The van der Waals surface area contributed by atoms with Gasteiger partial charge in [0.2, 0.25) is 0 Å². The number of nitrogens with zero attached hydrogens (tertiary/aromatic N) is 1. The SMILES string of the molecule is O=C(O)c1coc(OCC2CCCCO2)n1. The van der Waals surface area contributed by atoms with Gasteiger partial charge in [0, 0.05) is 6.61 Å². The lowest BCUT2D eigenvalue weighted by atomic mass is 10.1. The van der Waals surface area contributed by atoms with Gasteiger partial charge in [-0.2, -0.15) is 4.98 Å². The zero-order chi connectivity index (χ0) is 11.4. The zero-order valence-electron chi connectivity index (χ0n) is 8.72. The molecular formula is C10H13NO5. The molecule has 0 aromatic carbocycles. The minimum atomic E-state index is -1.13. The van der Waals surface area contributed by atoms with Crippen LogP contribution in [0.4, 0.5) is 0 Å². The number of hydrogen-bond donors (Lipinski definition) is 1. The van der Waals surface area contributed by atoms with Gasteiger partial charge in [-0.3, -0.25) is 0 Å². The lowest BCUT2D eigenvalue weighted by Crippen LogP contribution is -2.25. The molecule has 1 aromatic heterocycles. The first-order chi connectivity index (χ1) is 7.75. The van der Waals surface area contributed by atoms with Crippen molar-refractivity contribution in [2.24, 2.45) is 0 Å². The molecule has 6 nitrogen and oxygen atoms in total. The summed E-state index contributed by atoms with van der Waals surface area (Å²) < 4.78 is 15.5. The Labute approximate surface area is 92.2 Å². The molecule has 6 heteroatoms. The van der Waals surface area contributed by atoms with Crippen LogP contribution in [0.15, 0.2) is 10.7 Å². The van der Waals surface area contributed by atoms with Crippen LogP contribution in [-0.2, 0) is 4.74 Å². The predicted molar refractivity (Wildman–Crippen MR) is 52.5 cm³/mol. The standard InChI is InChI=1S/C10H13NO5/c12-9(13)8-6-16-10(11-8)15-5-7-3-1-2-4-14-7/h6-7H,1-5H2,(H,12,13). The number of aromatic carboxylic acids is 1. The van der Waals surface area contributed by atoms with Crippen LogP contribution in [0.5, 0.6) is 6.08 Å². The summed E-state index contributed by atoms with van der Waals surface area (Å²) in [5, 5.41) is 8.61. The Kier molecular flexibility index (Phi) is 3.40. The van der Waals surface area contributed by atoms with Crippen molar-refractivity contribution < 1.29 is 23.8 Å². The van der Waals surface area contributed by atoms with Gasteiger partial charge in [-0.25, -0.2) is 4.79 Å². The lowest BCUT2D eigenvalue weighted by molar-refractivity contribution is -0.0167. The molecule has 1 aromatic rings. The number of hydrogen-bond acceptors (Lipinski definition) is 5. The molecule has 0 saturated carbocycles. The van der Waals surface area contributed by atoms with E-state index in [4.69, 9.17) is 19.0 Å². The van der Waals surface area contributed by atoms with E-state index >= 15 is 0 Å². The van der Waals surface area contributed by atoms with Crippen molar-refractivity contribution >= 4 is 5.97 Å². The molecule has 0 radical (unpaired) electrons. The minimum absolute atomic E-state index is 0.0217. The van der Waals surface area contributed by atoms with E-state index < -0.39 is 5.97 Å². The molecular weight excluding hydrogens is 214 g/mol. The summed E-state index contributed by atoms with van der Waals surface area (Å²) in [5.41, 5.74) is -0.153. The summed E-state index contributed by atoms with van der Waals surface area (Å²) in [4.78, 5) is 14.2. The van der Waals surface area contributed by atoms with Crippen molar-refractivity contribution in [3.8, 4) is 6.08 Å². The van der Waals surface area contributed by atoms with E-state index in [1.165, 1.54) is 0 Å². The molecule has 2 rings (SSSR count). The summed E-state index contributed by atoms with van der Waals surface area (Å²) >= 11 is 0. The van der Waals surface area contributed by atoms with Crippen LogP contribution in [0, 0.1) is 0 Å². The highest BCUT2D eigenvalue weighted by Crippen LogP contribution is 2.15. The molecule has 0 amide bonds. The quantitative estimate of drug-likeness (QED) is 0.835. The highest BCUT2D eigenvalue weighted by molar-refractivity contribution is 5.84. The second kappa shape index (κ2) is 4.98. The van der Waals surface area contributed by atoms with Gasteiger partial charge in [0.25, 0.3) is 0 Å². The van der Waals surface area contributed by atoms with Crippen LogP contribution in [0.3, 0.4) is 0 Å². The molecule has 1 N–H and O–H groups in total. The Bertz CT molecular complexity index is 356. The van der Waals surface area contributed by atoms with Crippen LogP contribution in [0.1, 0.15) is 29.8 Å². The lowest BCUT2D eigenvalue weighted by Gasteiger charge is -2.21. The molecule has 2 heterocycles. The predicted octanol–water partition coefficient (Wildman–Crippen LogP) is 1.32. The average molecular weight is 227 g/mol. The topological polar surface area (TPSA) is 81.8 Å². The summed E-state index contributed by atoms with van der Waals surface area (Å²) in [7, 11) is 0. The van der Waals surface area contributed by atoms with Gasteiger partial charge >= 0.3 is 12.0 Å². The smallest absolute Gasteiger partial charge is 0.394 e. The van der Waals surface area contributed by atoms with Crippen LogP contribution < -0.4 is 4.74 Å². The van der Waals surface area contributed by atoms with Crippen LogP contribution >= 0.6 is 0 Å². The van der Waals surface area contributed by atoms with Gasteiger partial charge in [0.1, 0.15) is 12.9 Å². The summed E-state index contributed by atoms with van der Waals surface area (Å²) in [6.45, 7) is 1.10. The van der Waals surface area contributed by atoms with E-state index in [9.17, 15) is 4.79 Å². The summed E-state index contributed by atoms with van der Waals surface area (Å²) in [6, 6.07) is 0. The van der Waals surface area contributed by atoms with E-state index in [-0.39, 0.29) is 17.9 Å². The van der Waals surface area contributed by atoms with Crippen LogP contribution in [0.25, 0.3) is 0 Å². The second-order valence-corrected chi connectivity index (χ2v) is 3.60. The van der Waals surface area contributed by atoms with Crippen molar-refractivity contribution in [3.05, 3.63) is 12.0 Å². The molecule has 0 aliphatic carbocycles. The number of ether oxygens (including phenoxy) is 2. The first-order valence-corrected chi connectivity index (χ1v) is 5.19. The maximum atomic E-state index is 10.5. The summed E-state index contributed by atoms with van der Waals surface area (Å²) in [6.07, 6.45) is 4.24. The molecule has 1 fully saturated rings. The van der Waals surface area contributed by atoms with Gasteiger partial charge in [-0.15, -0.1) is 0 Å². The Morgan fingerprint density at radius 3 is 3.12 bits per heavy atom. The van der Waals surface area contributed by atoms with Crippen molar-refractivity contribution in [1.29, 1.82) is 0 Å². The molecule has 1 aliphatic heterocycles. The Balaban J connectivity index is 1.81. The van der Waals surface area contributed by atoms with Gasteiger partial charge in [0.05, 0.1) is 6.10 Å². The Morgan fingerprint density at radius 1 is 1.62 bits per heavy atom. The van der Waals surface area contributed by atoms with E-state index in [1.807, 2.05) is 0 Å². The third-order valence-corrected chi connectivity index (χ3v) is 2.37. The van der Waals surface area contributed by atoms with E-state index in [0.29, 0.717) is 6.61 Å². The van der Waals surface area contributed by atoms with E-state index in [1.54, 1.807) is 0 Å². The van der Waals surface area contributed by atoms with Gasteiger partial charge in [-0.05, 0) is 19.3 Å². The highest BCUT2D eigenvalue weighted by Gasteiger charge is 2.17. The third-order valence-electron chi connectivity index (χ3n) is 2.37. The molecule has 1 saturated heterocycles. The Morgan fingerprint density at radius 2 is 2.50 bits per heavy atom. The number of carboxylic acid groups (broad SMARTS) is 1. The number of carbonyl (C=O) groups is 1. The van der Waals surface area contributed by atoms with Crippen molar-refractivity contribution in [3.63, 3.8) is 0 Å². The maximum Gasteiger partial charge on any atom is 0.394 e. The molecule has 1 atom stereocenters. The number of aromatic nitrogens is 1. The molecule has 0 bridgehead atoms. The maximum absolute atomic E-state index is 10.5. The molecule has 16 heavy (non-hydrogen) atoms. The van der Waals surface area contributed by atoms with Crippen LogP contribution in [0.2, 0.25) is 0 Å². The van der Waals surface area contributed by atoms with Crippen molar-refractivity contribution in [2.75, 3.05) is 13.2 Å². The van der Waals surface area contributed by atoms with E-state index in [2.05, 4.69) is 4.98 Å². The highest BCUT2D eigenvalue weighted by atomic mass is 16.6. The Hall–Kier alpha value is -1.56. The minimum Gasteiger partial charge on any atom is -0.476 e. The van der Waals surface area contributed by atoms with Crippen molar-refractivity contribution in [1.82, 2.24) is 4.98 Å². The number of carboxylic acids is 1.